The van der Waals surface area contributed by atoms with Gasteiger partial charge in [-0.2, -0.15) is 4.98 Å². The van der Waals surface area contributed by atoms with Gasteiger partial charge in [-0.1, -0.05) is 5.16 Å². The third-order valence-corrected chi connectivity index (χ3v) is 2.57. The first-order chi connectivity index (χ1) is 6.81. The summed E-state index contributed by atoms with van der Waals surface area (Å²) in [6.45, 7) is 1.79. The molecule has 5 nitrogen and oxygen atoms in total. The molecule has 0 amide bonds. The van der Waals surface area contributed by atoms with Crippen LogP contribution >= 0.6 is 0 Å². The van der Waals surface area contributed by atoms with E-state index in [9.17, 15) is 4.79 Å². The van der Waals surface area contributed by atoms with Crippen LogP contribution in [0.2, 0.25) is 0 Å². The van der Waals surface area contributed by atoms with E-state index in [4.69, 9.17) is 4.52 Å². The van der Waals surface area contributed by atoms with E-state index in [-0.39, 0.29) is 0 Å². The van der Waals surface area contributed by atoms with Crippen LogP contribution in [0.1, 0.15) is 40.8 Å². The van der Waals surface area contributed by atoms with Gasteiger partial charge >= 0.3 is 5.84 Å². The van der Waals surface area contributed by atoms with Crippen molar-refractivity contribution in [2.75, 3.05) is 0 Å². The molecule has 0 unspecified atom stereocenters. The Hall–Kier alpha value is -1.65. The number of aryl methyl sites for hydroxylation is 1. The highest BCUT2D eigenvalue weighted by Crippen LogP contribution is 2.39. The van der Waals surface area contributed by atoms with E-state index in [2.05, 4.69) is 10.1 Å². The summed E-state index contributed by atoms with van der Waals surface area (Å²) < 4.78 is 6.78. The van der Waals surface area contributed by atoms with E-state index in [0.717, 1.165) is 25.0 Å². The highest BCUT2D eigenvalue weighted by molar-refractivity contribution is 5.75. The summed E-state index contributed by atoms with van der Waals surface area (Å²) >= 11 is 0. The van der Waals surface area contributed by atoms with E-state index in [1.807, 2.05) is 0 Å². The number of imidazole rings is 1. The molecule has 0 aliphatic heterocycles. The van der Waals surface area contributed by atoms with Crippen molar-refractivity contribution in [3.05, 3.63) is 17.2 Å². The fraction of sp³-hybridized carbons (Fsp3) is 0.444. The molecule has 2 heterocycles. The van der Waals surface area contributed by atoms with Gasteiger partial charge in [-0.15, -0.1) is 0 Å². The number of carbonyl (C=O) groups is 1. The van der Waals surface area contributed by atoms with Crippen LogP contribution in [-0.2, 0) is 0 Å². The molecule has 0 radical (unpaired) electrons. The maximum absolute atomic E-state index is 10.9. The molecule has 5 heteroatoms. The number of hydrogen-bond donors (Lipinski definition) is 0. The molecule has 1 aliphatic rings. The molecule has 0 N–H and O–H groups in total. The zero-order valence-corrected chi connectivity index (χ0v) is 7.73. The van der Waals surface area contributed by atoms with Gasteiger partial charge in [-0.25, -0.2) is 4.40 Å². The van der Waals surface area contributed by atoms with Gasteiger partial charge in [0.25, 0.3) is 0 Å². The first-order valence-corrected chi connectivity index (χ1v) is 4.61. The van der Waals surface area contributed by atoms with Crippen molar-refractivity contribution in [1.82, 2.24) is 14.5 Å². The summed E-state index contributed by atoms with van der Waals surface area (Å²) in [5.74, 6) is 1.71. The van der Waals surface area contributed by atoms with Crippen LogP contribution in [0.3, 0.4) is 0 Å². The maximum Gasteiger partial charge on any atom is 0.332 e. The minimum Gasteiger partial charge on any atom is -0.315 e. The van der Waals surface area contributed by atoms with Crippen LogP contribution in [0.25, 0.3) is 5.84 Å². The normalized spacial score (nSPS) is 16.4. The van der Waals surface area contributed by atoms with Crippen molar-refractivity contribution in [2.24, 2.45) is 0 Å². The van der Waals surface area contributed by atoms with Gasteiger partial charge in [0.1, 0.15) is 5.69 Å². The van der Waals surface area contributed by atoms with Gasteiger partial charge in [0, 0.05) is 5.92 Å². The van der Waals surface area contributed by atoms with Gasteiger partial charge in [-0.3, -0.25) is 4.79 Å². The molecule has 0 saturated heterocycles. The summed E-state index contributed by atoms with van der Waals surface area (Å²) in [5, 5.41) is 3.93. The summed E-state index contributed by atoms with van der Waals surface area (Å²) in [5.41, 5.74) is 1.26. The highest BCUT2D eigenvalue weighted by atomic mass is 16.5. The average Bonchev–Trinajstić information content (AvgIpc) is 2.85. The Morgan fingerprint density at radius 3 is 3.00 bits per heavy atom. The number of nitrogens with zero attached hydrogens (tertiary/aromatic N) is 3. The number of hydrogen-bond acceptors (Lipinski definition) is 4. The summed E-state index contributed by atoms with van der Waals surface area (Å²) in [6, 6.07) is 0. The van der Waals surface area contributed by atoms with Gasteiger partial charge in [0.2, 0.25) is 0 Å². The Morgan fingerprint density at radius 1 is 1.57 bits per heavy atom. The van der Waals surface area contributed by atoms with Crippen LogP contribution in [-0.4, -0.2) is 20.8 Å². The monoisotopic (exact) mass is 191 g/mol. The van der Waals surface area contributed by atoms with Crippen molar-refractivity contribution < 1.29 is 9.32 Å². The Labute approximate surface area is 79.7 Å². The first kappa shape index (κ1) is 7.73. The van der Waals surface area contributed by atoms with Crippen LogP contribution in [0.5, 0.6) is 0 Å². The second-order valence-corrected chi connectivity index (χ2v) is 3.63. The number of aromatic nitrogens is 3. The second kappa shape index (κ2) is 2.43. The summed E-state index contributed by atoms with van der Waals surface area (Å²) in [6.07, 6.45) is 3.05. The average molecular weight is 191 g/mol. The molecule has 0 bridgehead atoms. The minimum absolute atomic E-state index is 0.423. The van der Waals surface area contributed by atoms with Gasteiger partial charge < -0.3 is 4.52 Å². The predicted molar refractivity (Wildman–Crippen MR) is 47.4 cm³/mol. The van der Waals surface area contributed by atoms with E-state index < -0.39 is 0 Å². The number of fused-ring (bicyclic) bond motifs is 1. The second-order valence-electron chi connectivity index (χ2n) is 3.63. The van der Waals surface area contributed by atoms with E-state index >= 15 is 0 Å². The maximum atomic E-state index is 10.9. The molecule has 1 aliphatic carbocycles. The van der Waals surface area contributed by atoms with Crippen molar-refractivity contribution in [3.8, 4) is 0 Å². The lowest BCUT2D eigenvalue weighted by molar-refractivity contribution is 0.111. The SMILES string of the molecule is Cc1nc2onc(C3CC3)n2c1C=O. The number of aldehydes is 1. The molecule has 1 saturated carbocycles. The third kappa shape index (κ3) is 0.865. The molecule has 72 valence electrons. The fourth-order valence-corrected chi connectivity index (χ4v) is 1.66. The molecular weight excluding hydrogens is 182 g/mol. The van der Waals surface area contributed by atoms with Crippen LogP contribution in [0, 0.1) is 6.92 Å². The largest absolute Gasteiger partial charge is 0.332 e. The summed E-state index contributed by atoms with van der Waals surface area (Å²) in [4.78, 5) is 15.0. The smallest absolute Gasteiger partial charge is 0.315 e. The van der Waals surface area contributed by atoms with E-state index in [1.54, 1.807) is 11.3 Å². The van der Waals surface area contributed by atoms with Gasteiger partial charge in [0.15, 0.2) is 12.1 Å². The molecule has 14 heavy (non-hydrogen) atoms. The molecule has 0 atom stereocenters. The Balaban J connectivity index is 2.34. The lowest BCUT2D eigenvalue weighted by Crippen LogP contribution is -1.96. The van der Waals surface area contributed by atoms with Crippen molar-refractivity contribution in [1.29, 1.82) is 0 Å². The standard InChI is InChI=1S/C9H9N3O2/c1-5-7(4-13)12-8(6-2-3-6)11-14-9(12)10-5/h4,6H,2-3H2,1H3. The first-order valence-electron chi connectivity index (χ1n) is 4.61. The molecule has 3 rings (SSSR count). The quantitative estimate of drug-likeness (QED) is 0.671. The van der Waals surface area contributed by atoms with Gasteiger partial charge in [-0.05, 0) is 19.8 Å². The number of rotatable bonds is 2. The predicted octanol–water partition coefficient (Wildman–Crippen LogP) is 1.32. The Morgan fingerprint density at radius 2 is 2.36 bits per heavy atom. The van der Waals surface area contributed by atoms with E-state index in [1.165, 1.54) is 0 Å². The Bertz CT molecular complexity index is 507. The third-order valence-electron chi connectivity index (χ3n) is 2.57. The lowest BCUT2D eigenvalue weighted by atomic mass is 10.3. The molecule has 1 fully saturated rings. The van der Waals surface area contributed by atoms with Crippen LogP contribution in [0.4, 0.5) is 0 Å². The van der Waals surface area contributed by atoms with Crippen LogP contribution < -0.4 is 0 Å². The minimum atomic E-state index is 0.423. The van der Waals surface area contributed by atoms with Gasteiger partial charge in [0.05, 0.1) is 5.69 Å². The van der Waals surface area contributed by atoms with Crippen molar-refractivity contribution in [2.45, 2.75) is 25.7 Å². The lowest BCUT2D eigenvalue weighted by Gasteiger charge is -1.92. The molecule has 0 spiro atoms. The molecular formula is C9H9N3O2. The number of carbonyl (C=O) groups excluding carboxylic acids is 1. The topological polar surface area (TPSA) is 60.4 Å². The molecule has 2 aromatic heterocycles. The zero-order chi connectivity index (χ0) is 9.71. The Kier molecular flexibility index (Phi) is 1.34. The fourth-order valence-electron chi connectivity index (χ4n) is 1.66. The van der Waals surface area contributed by atoms with Crippen LogP contribution in [0.15, 0.2) is 4.52 Å². The van der Waals surface area contributed by atoms with Crippen molar-refractivity contribution in [3.63, 3.8) is 0 Å². The van der Waals surface area contributed by atoms with E-state index in [0.29, 0.717) is 23.1 Å². The summed E-state index contributed by atoms with van der Waals surface area (Å²) in [7, 11) is 0. The highest BCUT2D eigenvalue weighted by Gasteiger charge is 2.31. The molecule has 2 aromatic rings. The zero-order valence-electron chi connectivity index (χ0n) is 7.73. The molecule has 0 aromatic carbocycles. The van der Waals surface area contributed by atoms with Crippen molar-refractivity contribution >= 4 is 12.1 Å².